The molecule has 1 aliphatic rings. The van der Waals surface area contributed by atoms with Crippen molar-refractivity contribution in [3.63, 3.8) is 0 Å². The summed E-state index contributed by atoms with van der Waals surface area (Å²) in [7, 11) is 0. The smallest absolute Gasteiger partial charge is 0.223 e. The van der Waals surface area contributed by atoms with Crippen LogP contribution in [0.25, 0.3) is 0 Å². The van der Waals surface area contributed by atoms with E-state index in [0.717, 1.165) is 5.75 Å². The Bertz CT molecular complexity index is 467. The van der Waals surface area contributed by atoms with E-state index in [0.29, 0.717) is 31.1 Å². The number of ether oxygens (including phenoxy) is 1. The van der Waals surface area contributed by atoms with Gasteiger partial charge in [-0.1, -0.05) is 6.92 Å². The molecular weight excluding hydrogens is 242 g/mol. The van der Waals surface area contributed by atoms with E-state index >= 15 is 0 Å². The van der Waals surface area contributed by atoms with Crippen molar-refractivity contribution in [3.8, 4) is 5.75 Å². The maximum atomic E-state index is 12.1. The molecule has 2 rings (SSSR count). The highest BCUT2D eigenvalue weighted by Crippen LogP contribution is 2.18. The number of Topliss-reactive ketones (excluding diaryl/α,β-unsaturated/α-hetero) is 1. The van der Waals surface area contributed by atoms with Gasteiger partial charge in [-0.3, -0.25) is 9.59 Å². The van der Waals surface area contributed by atoms with E-state index in [1.807, 2.05) is 13.8 Å². The maximum Gasteiger partial charge on any atom is 0.223 e. The third kappa shape index (κ3) is 3.34. The Labute approximate surface area is 113 Å². The second kappa shape index (κ2) is 5.87. The Morgan fingerprint density at radius 1 is 1.37 bits per heavy atom. The first-order valence-corrected chi connectivity index (χ1v) is 6.64. The fourth-order valence-electron chi connectivity index (χ4n) is 2.29. The zero-order valence-electron chi connectivity index (χ0n) is 11.4. The minimum atomic E-state index is -0.0227. The van der Waals surface area contributed by atoms with Crippen LogP contribution in [0.2, 0.25) is 0 Å². The molecule has 102 valence electrons. The lowest BCUT2D eigenvalue weighted by Crippen LogP contribution is -2.31. The summed E-state index contributed by atoms with van der Waals surface area (Å²) in [5.74, 6) is 1.16. The average Bonchev–Trinajstić information content (AvgIpc) is 2.69. The Morgan fingerprint density at radius 3 is 2.58 bits per heavy atom. The van der Waals surface area contributed by atoms with Gasteiger partial charge in [0.25, 0.3) is 0 Å². The molecule has 1 heterocycles. The molecule has 0 bridgehead atoms. The lowest BCUT2D eigenvalue weighted by molar-refractivity contribution is -0.127. The summed E-state index contributed by atoms with van der Waals surface area (Å²) < 4.78 is 5.33. The van der Waals surface area contributed by atoms with Gasteiger partial charge in [-0.2, -0.15) is 0 Å². The van der Waals surface area contributed by atoms with Crippen LogP contribution in [0.5, 0.6) is 5.75 Å². The average molecular weight is 261 g/mol. The summed E-state index contributed by atoms with van der Waals surface area (Å²) in [6.07, 6.45) is 0.552. The number of likely N-dealkylation sites (tertiary alicyclic amines) is 1. The van der Waals surface area contributed by atoms with Gasteiger partial charge in [0.2, 0.25) is 5.91 Å². The number of ketones is 1. The van der Waals surface area contributed by atoms with Crippen LogP contribution in [-0.4, -0.2) is 36.3 Å². The van der Waals surface area contributed by atoms with Gasteiger partial charge in [0.05, 0.1) is 13.2 Å². The lowest BCUT2D eigenvalue weighted by Gasteiger charge is -2.15. The molecular formula is C15H19NO3. The third-order valence-corrected chi connectivity index (χ3v) is 3.23. The van der Waals surface area contributed by atoms with E-state index in [1.54, 1.807) is 29.2 Å². The zero-order valence-corrected chi connectivity index (χ0v) is 11.4. The van der Waals surface area contributed by atoms with Crippen molar-refractivity contribution in [2.45, 2.75) is 20.3 Å². The molecule has 0 radical (unpaired) electrons. The molecule has 1 saturated heterocycles. The van der Waals surface area contributed by atoms with Gasteiger partial charge in [0.1, 0.15) is 5.75 Å². The van der Waals surface area contributed by atoms with Gasteiger partial charge < -0.3 is 9.64 Å². The number of hydrogen-bond acceptors (Lipinski definition) is 3. The molecule has 4 heteroatoms. The Kier molecular flexibility index (Phi) is 4.20. The minimum Gasteiger partial charge on any atom is -0.494 e. The number of hydrogen-bond donors (Lipinski definition) is 0. The van der Waals surface area contributed by atoms with Gasteiger partial charge in [-0.05, 0) is 37.1 Å². The molecule has 1 fully saturated rings. The van der Waals surface area contributed by atoms with Gasteiger partial charge >= 0.3 is 0 Å². The van der Waals surface area contributed by atoms with Crippen molar-refractivity contribution < 1.29 is 14.3 Å². The van der Waals surface area contributed by atoms with Crippen molar-refractivity contribution in [2.75, 3.05) is 19.7 Å². The van der Waals surface area contributed by atoms with Crippen molar-refractivity contribution in [1.29, 1.82) is 0 Å². The molecule has 0 spiro atoms. The highest BCUT2D eigenvalue weighted by Gasteiger charge is 2.27. The van der Waals surface area contributed by atoms with Crippen LogP contribution in [-0.2, 0) is 4.79 Å². The molecule has 4 nitrogen and oxygen atoms in total. The largest absolute Gasteiger partial charge is 0.494 e. The summed E-state index contributed by atoms with van der Waals surface area (Å²) in [5, 5.41) is 0. The van der Waals surface area contributed by atoms with E-state index in [-0.39, 0.29) is 18.2 Å². The first-order chi connectivity index (χ1) is 9.10. The van der Waals surface area contributed by atoms with Crippen LogP contribution < -0.4 is 4.74 Å². The molecule has 0 aliphatic carbocycles. The van der Waals surface area contributed by atoms with Crippen molar-refractivity contribution in [1.82, 2.24) is 4.90 Å². The predicted octanol–water partition coefficient (Wildman–Crippen LogP) is 2.14. The van der Waals surface area contributed by atoms with Crippen LogP contribution in [0.3, 0.4) is 0 Å². The molecule has 1 aromatic rings. The second-order valence-corrected chi connectivity index (χ2v) is 4.96. The Hall–Kier alpha value is -1.84. The fraction of sp³-hybridized carbons (Fsp3) is 0.467. The summed E-state index contributed by atoms with van der Waals surface area (Å²) in [5.41, 5.74) is 0.621. The van der Waals surface area contributed by atoms with Crippen molar-refractivity contribution in [3.05, 3.63) is 29.8 Å². The minimum absolute atomic E-state index is 0.0227. The highest BCUT2D eigenvalue weighted by molar-refractivity contribution is 5.99. The molecule has 1 unspecified atom stereocenters. The van der Waals surface area contributed by atoms with Gasteiger partial charge in [0, 0.05) is 18.5 Å². The molecule has 0 aromatic heterocycles. The summed E-state index contributed by atoms with van der Waals surface area (Å²) in [6.45, 7) is 5.41. The number of benzene rings is 1. The van der Waals surface area contributed by atoms with E-state index < -0.39 is 0 Å². The fourth-order valence-corrected chi connectivity index (χ4v) is 2.29. The monoisotopic (exact) mass is 261 g/mol. The maximum absolute atomic E-state index is 12.1. The van der Waals surface area contributed by atoms with E-state index in [1.165, 1.54) is 0 Å². The molecule has 1 aliphatic heterocycles. The summed E-state index contributed by atoms with van der Waals surface area (Å²) in [4.78, 5) is 25.4. The summed E-state index contributed by atoms with van der Waals surface area (Å²) in [6, 6.07) is 7.06. The van der Waals surface area contributed by atoms with Gasteiger partial charge in [0.15, 0.2) is 5.78 Å². The van der Waals surface area contributed by atoms with Crippen molar-refractivity contribution in [2.24, 2.45) is 5.92 Å². The quantitative estimate of drug-likeness (QED) is 0.763. The second-order valence-electron chi connectivity index (χ2n) is 4.96. The molecule has 0 N–H and O–H groups in total. The lowest BCUT2D eigenvalue weighted by atomic mass is 10.1. The summed E-state index contributed by atoms with van der Waals surface area (Å²) >= 11 is 0. The first-order valence-electron chi connectivity index (χ1n) is 6.64. The van der Waals surface area contributed by atoms with E-state index in [9.17, 15) is 9.59 Å². The molecule has 1 aromatic carbocycles. The third-order valence-electron chi connectivity index (χ3n) is 3.23. The van der Waals surface area contributed by atoms with Crippen molar-refractivity contribution >= 4 is 11.7 Å². The van der Waals surface area contributed by atoms with Crippen LogP contribution in [0.4, 0.5) is 0 Å². The molecule has 1 atom stereocenters. The van der Waals surface area contributed by atoms with Gasteiger partial charge in [-0.25, -0.2) is 0 Å². The zero-order chi connectivity index (χ0) is 13.8. The Morgan fingerprint density at radius 2 is 2.05 bits per heavy atom. The Balaban J connectivity index is 1.98. The number of carbonyl (C=O) groups is 2. The number of rotatable bonds is 5. The number of amides is 1. The van der Waals surface area contributed by atoms with Crippen LogP contribution >= 0.6 is 0 Å². The van der Waals surface area contributed by atoms with Gasteiger partial charge in [-0.15, -0.1) is 0 Å². The molecule has 1 amide bonds. The first kappa shape index (κ1) is 13.6. The normalized spacial score (nSPS) is 18.7. The SMILES string of the molecule is CCOc1ccc(C(=O)CN2CC(C)CC2=O)cc1. The van der Waals surface area contributed by atoms with Crippen LogP contribution in [0.15, 0.2) is 24.3 Å². The predicted molar refractivity (Wildman–Crippen MR) is 72.3 cm³/mol. The number of nitrogens with zero attached hydrogens (tertiary/aromatic N) is 1. The van der Waals surface area contributed by atoms with Crippen LogP contribution in [0, 0.1) is 5.92 Å². The number of carbonyl (C=O) groups excluding carboxylic acids is 2. The topological polar surface area (TPSA) is 46.6 Å². The van der Waals surface area contributed by atoms with E-state index in [4.69, 9.17) is 4.74 Å². The van der Waals surface area contributed by atoms with E-state index in [2.05, 4.69) is 0 Å². The standard InChI is InChI=1S/C15H19NO3/c1-3-19-13-6-4-12(5-7-13)14(17)10-16-9-11(2)8-15(16)18/h4-7,11H,3,8-10H2,1-2H3. The highest BCUT2D eigenvalue weighted by atomic mass is 16.5. The molecule has 0 saturated carbocycles. The van der Waals surface area contributed by atoms with Crippen LogP contribution in [0.1, 0.15) is 30.6 Å². The molecule has 19 heavy (non-hydrogen) atoms.